The van der Waals surface area contributed by atoms with Gasteiger partial charge in [-0.3, -0.25) is 4.79 Å². The first-order chi connectivity index (χ1) is 10.7. The molecule has 1 aromatic carbocycles. The molecule has 0 saturated heterocycles. The maximum Gasteiger partial charge on any atom is 0.177 e. The second-order valence-electron chi connectivity index (χ2n) is 5.42. The summed E-state index contributed by atoms with van der Waals surface area (Å²) in [4.78, 5) is 15.3. The highest BCUT2D eigenvalue weighted by Gasteiger charge is 2.15. The van der Waals surface area contributed by atoms with E-state index in [0.717, 1.165) is 44.0 Å². The van der Waals surface area contributed by atoms with E-state index in [9.17, 15) is 4.79 Å². The fraction of sp³-hybridized carbons (Fsp3) is 0.444. The maximum atomic E-state index is 11.1. The highest BCUT2D eigenvalue weighted by Crippen LogP contribution is 2.09. The van der Waals surface area contributed by atoms with Crippen LogP contribution in [0.5, 0.6) is 0 Å². The minimum atomic E-state index is 0.0932. The molecule has 0 amide bonds. The van der Waals surface area contributed by atoms with Gasteiger partial charge in [-0.05, 0) is 24.0 Å². The van der Waals surface area contributed by atoms with Gasteiger partial charge in [0, 0.05) is 20.0 Å². The summed E-state index contributed by atoms with van der Waals surface area (Å²) in [6, 6.07) is 8.63. The Morgan fingerprint density at radius 1 is 1.23 bits per heavy atom. The van der Waals surface area contributed by atoms with Crippen LogP contribution in [0.4, 0.5) is 0 Å². The van der Waals surface area contributed by atoms with E-state index in [0.29, 0.717) is 0 Å². The van der Waals surface area contributed by atoms with Crippen molar-refractivity contribution in [2.24, 2.45) is 0 Å². The van der Waals surface area contributed by atoms with Crippen LogP contribution in [0.25, 0.3) is 0 Å². The third-order valence-corrected chi connectivity index (χ3v) is 3.97. The number of rotatable bonds is 3. The van der Waals surface area contributed by atoms with Gasteiger partial charge in [0.05, 0.1) is 12.7 Å². The zero-order valence-electron chi connectivity index (χ0n) is 13.7. The highest BCUT2D eigenvalue weighted by atomic mass is 16.1. The number of carbonyl (C=O) groups is 1. The average Bonchev–Trinajstić information content (AvgIpc) is 2.99. The van der Waals surface area contributed by atoms with Gasteiger partial charge in [-0.1, -0.05) is 38.1 Å². The average molecular weight is 299 g/mol. The summed E-state index contributed by atoms with van der Waals surface area (Å²) in [5.74, 6) is 1.06. The highest BCUT2D eigenvalue weighted by molar-refractivity contribution is 5.92. The molecule has 4 heteroatoms. The van der Waals surface area contributed by atoms with Crippen LogP contribution >= 0.6 is 0 Å². The van der Waals surface area contributed by atoms with E-state index < -0.39 is 0 Å². The van der Waals surface area contributed by atoms with E-state index in [1.165, 1.54) is 11.1 Å². The van der Waals surface area contributed by atoms with Gasteiger partial charge in [-0.25, -0.2) is 4.98 Å². The van der Waals surface area contributed by atoms with E-state index in [1.807, 2.05) is 4.57 Å². The molecule has 4 nitrogen and oxygen atoms in total. The fourth-order valence-corrected chi connectivity index (χ4v) is 2.72. The van der Waals surface area contributed by atoms with Crippen molar-refractivity contribution in [3.63, 3.8) is 0 Å². The molecule has 1 aliphatic heterocycles. The predicted molar refractivity (Wildman–Crippen MR) is 89.1 cm³/mol. The van der Waals surface area contributed by atoms with Crippen LogP contribution in [0.15, 0.2) is 30.5 Å². The van der Waals surface area contributed by atoms with Gasteiger partial charge in [0.2, 0.25) is 0 Å². The molecule has 0 unspecified atom stereocenters. The minimum absolute atomic E-state index is 0.0932. The van der Waals surface area contributed by atoms with E-state index in [1.54, 1.807) is 13.1 Å². The van der Waals surface area contributed by atoms with Crippen LogP contribution in [-0.4, -0.2) is 21.9 Å². The normalized spacial score (nSPS) is 13.0. The third kappa shape index (κ3) is 3.83. The third-order valence-electron chi connectivity index (χ3n) is 3.97. The van der Waals surface area contributed by atoms with Crippen molar-refractivity contribution in [1.29, 1.82) is 0 Å². The van der Waals surface area contributed by atoms with E-state index in [4.69, 9.17) is 0 Å². The summed E-state index contributed by atoms with van der Waals surface area (Å²) in [5.41, 5.74) is 3.71. The summed E-state index contributed by atoms with van der Waals surface area (Å²) < 4.78 is 1.98. The number of fused-ring (bicyclic) bond motifs is 1. The molecule has 22 heavy (non-hydrogen) atoms. The first kappa shape index (κ1) is 16.4. The number of carbonyl (C=O) groups excluding carboxylic acids is 1. The Bertz CT molecular complexity index is 608. The lowest BCUT2D eigenvalue weighted by atomic mass is 10.0. The Morgan fingerprint density at radius 3 is 2.41 bits per heavy atom. The van der Waals surface area contributed by atoms with Crippen LogP contribution in [0.2, 0.25) is 0 Å². The lowest BCUT2D eigenvalue weighted by molar-refractivity contribution is 0.100. The summed E-state index contributed by atoms with van der Waals surface area (Å²) in [5, 5.41) is 3.20. The number of nitrogens with zero attached hydrogens (tertiary/aromatic N) is 2. The Hall–Kier alpha value is -1.94. The smallest absolute Gasteiger partial charge is 0.177 e. The molecule has 0 spiro atoms. The lowest BCUT2D eigenvalue weighted by Gasteiger charge is -2.16. The second kappa shape index (κ2) is 7.90. The Morgan fingerprint density at radius 2 is 1.86 bits per heavy atom. The SMILES string of the molecule is CC(=O)c1cnc2n1CCNC2.CCc1ccccc1CC. The standard InChI is InChI=1S/C10H14.C8H11N3O/c1-3-9-7-5-6-8-10(9)4-2;1-6(12)7-4-10-8-5-9-2-3-11(7)8/h5-8H,3-4H2,1-2H3;4,9H,2-3,5H2,1H3. The van der Waals surface area contributed by atoms with Crippen molar-refractivity contribution in [3.05, 3.63) is 53.1 Å². The second-order valence-corrected chi connectivity index (χ2v) is 5.42. The van der Waals surface area contributed by atoms with E-state index >= 15 is 0 Å². The van der Waals surface area contributed by atoms with Crippen LogP contribution in [0.1, 0.15) is 48.2 Å². The van der Waals surface area contributed by atoms with Gasteiger partial charge in [0.15, 0.2) is 5.78 Å². The number of aromatic nitrogens is 2. The zero-order valence-corrected chi connectivity index (χ0v) is 13.7. The monoisotopic (exact) mass is 299 g/mol. The summed E-state index contributed by atoms with van der Waals surface area (Å²) in [6.45, 7) is 8.52. The quantitative estimate of drug-likeness (QED) is 0.886. The van der Waals surface area contributed by atoms with Gasteiger partial charge in [0.1, 0.15) is 11.5 Å². The van der Waals surface area contributed by atoms with Gasteiger partial charge in [-0.2, -0.15) is 0 Å². The molecule has 118 valence electrons. The number of imidazole rings is 1. The van der Waals surface area contributed by atoms with Gasteiger partial charge in [-0.15, -0.1) is 0 Å². The molecule has 2 aromatic rings. The number of hydrogen-bond donors (Lipinski definition) is 1. The number of aryl methyl sites for hydroxylation is 2. The summed E-state index contributed by atoms with van der Waals surface area (Å²) in [7, 11) is 0. The molecule has 0 atom stereocenters. The molecular weight excluding hydrogens is 274 g/mol. The number of hydrogen-bond acceptors (Lipinski definition) is 3. The Kier molecular flexibility index (Phi) is 5.90. The summed E-state index contributed by atoms with van der Waals surface area (Å²) in [6.07, 6.45) is 3.97. The van der Waals surface area contributed by atoms with Crippen molar-refractivity contribution in [1.82, 2.24) is 14.9 Å². The van der Waals surface area contributed by atoms with Crippen molar-refractivity contribution >= 4 is 5.78 Å². The van der Waals surface area contributed by atoms with Crippen LogP contribution in [0.3, 0.4) is 0 Å². The predicted octanol–water partition coefficient (Wildman–Crippen LogP) is 3.00. The van der Waals surface area contributed by atoms with Crippen molar-refractivity contribution in [2.45, 2.75) is 46.7 Å². The molecule has 1 aliphatic rings. The topological polar surface area (TPSA) is 46.9 Å². The number of benzene rings is 1. The first-order valence-electron chi connectivity index (χ1n) is 8.00. The van der Waals surface area contributed by atoms with E-state index in [2.05, 4.69) is 48.4 Å². The number of ketones is 1. The van der Waals surface area contributed by atoms with Crippen LogP contribution in [-0.2, 0) is 25.9 Å². The first-order valence-corrected chi connectivity index (χ1v) is 8.00. The molecular formula is C18H25N3O. The van der Waals surface area contributed by atoms with Crippen molar-refractivity contribution < 1.29 is 4.79 Å². The molecule has 3 rings (SSSR count). The molecule has 1 aromatic heterocycles. The molecule has 0 bridgehead atoms. The van der Waals surface area contributed by atoms with Gasteiger partial charge in [0.25, 0.3) is 0 Å². The number of nitrogens with one attached hydrogen (secondary N) is 1. The van der Waals surface area contributed by atoms with Crippen LogP contribution < -0.4 is 5.32 Å². The van der Waals surface area contributed by atoms with Gasteiger partial charge >= 0.3 is 0 Å². The van der Waals surface area contributed by atoms with Crippen LogP contribution in [0, 0.1) is 0 Å². The summed E-state index contributed by atoms with van der Waals surface area (Å²) >= 11 is 0. The molecule has 0 aliphatic carbocycles. The lowest BCUT2D eigenvalue weighted by Crippen LogP contribution is -2.29. The largest absolute Gasteiger partial charge is 0.323 e. The maximum absolute atomic E-state index is 11.1. The van der Waals surface area contributed by atoms with Gasteiger partial charge < -0.3 is 9.88 Å². The van der Waals surface area contributed by atoms with Crippen molar-refractivity contribution in [2.75, 3.05) is 6.54 Å². The molecule has 1 N–H and O–H groups in total. The zero-order chi connectivity index (χ0) is 15.9. The molecule has 0 radical (unpaired) electrons. The molecule has 0 fully saturated rings. The van der Waals surface area contributed by atoms with E-state index in [-0.39, 0.29) is 5.78 Å². The Balaban J connectivity index is 0.000000164. The van der Waals surface area contributed by atoms with Crippen molar-refractivity contribution in [3.8, 4) is 0 Å². The Labute approximate surface area is 132 Å². The fourth-order valence-electron chi connectivity index (χ4n) is 2.72. The molecule has 2 heterocycles. The minimum Gasteiger partial charge on any atom is -0.323 e. The molecule has 0 saturated carbocycles. The number of Topliss-reactive ketones (excluding diaryl/α,β-unsaturated/α-hetero) is 1.